The highest BCUT2D eigenvalue weighted by Crippen LogP contribution is 2.29. The van der Waals surface area contributed by atoms with E-state index in [2.05, 4.69) is 0 Å². The van der Waals surface area contributed by atoms with Crippen molar-refractivity contribution < 1.29 is 18.7 Å². The summed E-state index contributed by atoms with van der Waals surface area (Å²) in [5.74, 6) is 0.136. The van der Waals surface area contributed by atoms with Gasteiger partial charge in [-0.3, -0.25) is 0 Å². The molecule has 0 spiro atoms. The number of benzene rings is 2. The maximum absolute atomic E-state index is 14.2. The first-order chi connectivity index (χ1) is 13.7. The lowest BCUT2D eigenvalue weighted by atomic mass is 9.99. The van der Waals surface area contributed by atoms with Gasteiger partial charge in [0, 0.05) is 18.7 Å². The molecule has 0 saturated carbocycles. The summed E-state index contributed by atoms with van der Waals surface area (Å²) < 4.78 is 25.7. The number of nitriles is 1. The zero-order valence-electron chi connectivity index (χ0n) is 17.2. The Bertz CT molecular complexity index is 960. The van der Waals surface area contributed by atoms with Crippen molar-refractivity contribution in [1.29, 1.82) is 5.26 Å². The normalized spacial score (nSPS) is 14.6. The van der Waals surface area contributed by atoms with Crippen molar-refractivity contribution in [3.05, 3.63) is 64.5 Å². The number of amides is 1. The topological polar surface area (TPSA) is 62.6 Å². The molecule has 2 aromatic rings. The number of ether oxygens (including phenoxy) is 2. The molecular weight excluding hydrogens is 371 g/mol. The first kappa shape index (κ1) is 20.7. The van der Waals surface area contributed by atoms with E-state index >= 15 is 0 Å². The molecule has 0 N–H and O–H groups in total. The number of hydrogen-bond donors (Lipinski definition) is 0. The van der Waals surface area contributed by atoms with E-state index in [1.807, 2.05) is 45.0 Å². The lowest BCUT2D eigenvalue weighted by molar-refractivity contribution is 0.0223. The van der Waals surface area contributed by atoms with Gasteiger partial charge in [-0.25, -0.2) is 9.18 Å². The molecule has 1 aliphatic heterocycles. The minimum absolute atomic E-state index is 0.273. The van der Waals surface area contributed by atoms with Gasteiger partial charge in [-0.2, -0.15) is 5.26 Å². The van der Waals surface area contributed by atoms with Gasteiger partial charge >= 0.3 is 6.09 Å². The molecule has 5 nitrogen and oxygen atoms in total. The minimum atomic E-state index is -0.539. The largest absolute Gasteiger partial charge is 0.486 e. The molecular formula is C23H25FN2O3. The average Bonchev–Trinajstić information content (AvgIpc) is 2.65. The smallest absolute Gasteiger partial charge is 0.410 e. The molecule has 0 saturated heterocycles. The zero-order chi connectivity index (χ0) is 21.2. The fraction of sp³-hybridized carbons (Fsp3) is 0.391. The van der Waals surface area contributed by atoms with Crippen LogP contribution in [0.25, 0.3) is 0 Å². The summed E-state index contributed by atoms with van der Waals surface area (Å²) >= 11 is 0. The molecule has 0 aromatic heterocycles. The molecule has 0 aliphatic carbocycles. The summed E-state index contributed by atoms with van der Waals surface area (Å²) in [6, 6.07) is 12.0. The molecule has 1 aliphatic rings. The number of hydrogen-bond acceptors (Lipinski definition) is 4. The first-order valence-corrected chi connectivity index (χ1v) is 9.62. The molecule has 1 amide bonds. The second kappa shape index (κ2) is 8.12. The van der Waals surface area contributed by atoms with Gasteiger partial charge in [-0.1, -0.05) is 12.1 Å². The van der Waals surface area contributed by atoms with Crippen LogP contribution in [0.15, 0.2) is 36.4 Å². The Morgan fingerprint density at radius 3 is 2.62 bits per heavy atom. The fourth-order valence-electron chi connectivity index (χ4n) is 3.28. The standard InChI is InChI=1S/C23H25FN2O3/c1-15(20-8-5-16(13-25)11-21(20)24)28-19-7-6-17-9-10-26(14-18(17)12-19)22(27)29-23(2,3)4/h5-8,11-12,15H,9-10,14H2,1-4H3/t15-/m0/s1. The summed E-state index contributed by atoms with van der Waals surface area (Å²) in [6.45, 7) is 8.35. The van der Waals surface area contributed by atoms with Gasteiger partial charge in [0.05, 0.1) is 11.6 Å². The summed E-state index contributed by atoms with van der Waals surface area (Å²) in [6.07, 6.45) is -0.108. The average molecular weight is 396 g/mol. The molecule has 29 heavy (non-hydrogen) atoms. The van der Waals surface area contributed by atoms with E-state index in [9.17, 15) is 9.18 Å². The predicted octanol–water partition coefficient (Wildman–Crippen LogP) is 5.13. The van der Waals surface area contributed by atoms with Crippen LogP contribution in [0.2, 0.25) is 0 Å². The Morgan fingerprint density at radius 1 is 1.21 bits per heavy atom. The molecule has 2 aromatic carbocycles. The summed E-state index contributed by atoms with van der Waals surface area (Å²) in [4.78, 5) is 14.1. The summed E-state index contributed by atoms with van der Waals surface area (Å²) in [5.41, 5.74) is 2.27. The van der Waals surface area contributed by atoms with Crippen LogP contribution in [-0.2, 0) is 17.7 Å². The molecule has 0 radical (unpaired) electrons. The van der Waals surface area contributed by atoms with Gasteiger partial charge < -0.3 is 14.4 Å². The number of carbonyl (C=O) groups is 1. The van der Waals surface area contributed by atoms with Crippen molar-refractivity contribution >= 4 is 6.09 Å². The summed E-state index contributed by atoms with van der Waals surface area (Å²) in [7, 11) is 0. The van der Waals surface area contributed by atoms with Crippen LogP contribution in [-0.4, -0.2) is 23.1 Å². The van der Waals surface area contributed by atoms with Crippen LogP contribution in [0.3, 0.4) is 0 Å². The number of halogens is 1. The van der Waals surface area contributed by atoms with Crippen molar-refractivity contribution in [2.75, 3.05) is 6.54 Å². The SMILES string of the molecule is C[C@H](Oc1ccc2c(c1)CN(C(=O)OC(C)(C)C)CC2)c1ccc(C#N)cc1F. The first-order valence-electron chi connectivity index (χ1n) is 9.62. The molecule has 0 unspecified atom stereocenters. The maximum Gasteiger partial charge on any atom is 0.410 e. The lowest BCUT2D eigenvalue weighted by Crippen LogP contribution is -2.39. The van der Waals surface area contributed by atoms with Gasteiger partial charge in [0.1, 0.15) is 23.3 Å². The molecule has 1 atom stereocenters. The van der Waals surface area contributed by atoms with Crippen LogP contribution in [0.5, 0.6) is 5.75 Å². The van der Waals surface area contributed by atoms with Crippen molar-refractivity contribution in [3.8, 4) is 11.8 Å². The third-order valence-corrected chi connectivity index (χ3v) is 4.72. The summed E-state index contributed by atoms with van der Waals surface area (Å²) in [5, 5.41) is 8.88. The third kappa shape index (κ3) is 5.05. The fourth-order valence-corrected chi connectivity index (χ4v) is 3.28. The molecule has 3 rings (SSSR count). The van der Waals surface area contributed by atoms with Gasteiger partial charge in [0.15, 0.2) is 0 Å². The highest BCUT2D eigenvalue weighted by atomic mass is 19.1. The molecule has 0 fully saturated rings. The van der Waals surface area contributed by atoms with Crippen LogP contribution >= 0.6 is 0 Å². The second-order valence-corrected chi connectivity index (χ2v) is 8.19. The number of fused-ring (bicyclic) bond motifs is 1. The van der Waals surface area contributed by atoms with Gasteiger partial charge in [0.2, 0.25) is 0 Å². The van der Waals surface area contributed by atoms with E-state index < -0.39 is 17.5 Å². The van der Waals surface area contributed by atoms with E-state index in [0.29, 0.717) is 24.4 Å². The quantitative estimate of drug-likeness (QED) is 0.721. The van der Waals surface area contributed by atoms with Crippen LogP contribution < -0.4 is 4.74 Å². The van der Waals surface area contributed by atoms with E-state index in [0.717, 1.165) is 17.5 Å². The van der Waals surface area contributed by atoms with Crippen LogP contribution in [0.1, 0.15) is 56.1 Å². The van der Waals surface area contributed by atoms with Crippen molar-refractivity contribution in [1.82, 2.24) is 4.90 Å². The Morgan fingerprint density at radius 2 is 1.97 bits per heavy atom. The van der Waals surface area contributed by atoms with E-state index in [-0.39, 0.29) is 11.7 Å². The Hall–Kier alpha value is -3.07. The Labute approximate surface area is 170 Å². The van der Waals surface area contributed by atoms with Crippen LogP contribution in [0.4, 0.5) is 9.18 Å². The highest BCUT2D eigenvalue weighted by molar-refractivity contribution is 5.68. The molecule has 1 heterocycles. The second-order valence-electron chi connectivity index (χ2n) is 8.19. The van der Waals surface area contributed by atoms with Gasteiger partial charge in [0.25, 0.3) is 0 Å². The third-order valence-electron chi connectivity index (χ3n) is 4.72. The lowest BCUT2D eigenvalue weighted by Gasteiger charge is -2.31. The highest BCUT2D eigenvalue weighted by Gasteiger charge is 2.26. The Kier molecular flexibility index (Phi) is 5.78. The minimum Gasteiger partial charge on any atom is -0.486 e. The molecule has 0 bridgehead atoms. The maximum atomic E-state index is 14.2. The van der Waals surface area contributed by atoms with Crippen molar-refractivity contribution in [2.45, 2.75) is 52.4 Å². The van der Waals surface area contributed by atoms with Crippen molar-refractivity contribution in [2.24, 2.45) is 0 Å². The Balaban J connectivity index is 1.73. The monoisotopic (exact) mass is 396 g/mol. The number of nitrogens with zero attached hydrogens (tertiary/aromatic N) is 2. The number of rotatable bonds is 3. The van der Waals surface area contributed by atoms with Crippen molar-refractivity contribution in [3.63, 3.8) is 0 Å². The van der Waals surface area contributed by atoms with E-state index in [1.54, 1.807) is 24.0 Å². The number of carbonyl (C=O) groups excluding carboxylic acids is 1. The zero-order valence-corrected chi connectivity index (χ0v) is 17.2. The molecule has 152 valence electrons. The van der Waals surface area contributed by atoms with E-state index in [4.69, 9.17) is 14.7 Å². The van der Waals surface area contributed by atoms with Gasteiger partial charge in [-0.05, 0) is 69.5 Å². The predicted molar refractivity (Wildman–Crippen MR) is 107 cm³/mol. The van der Waals surface area contributed by atoms with E-state index in [1.165, 1.54) is 6.07 Å². The molecule has 6 heteroatoms. The van der Waals surface area contributed by atoms with Gasteiger partial charge in [-0.15, -0.1) is 0 Å². The van der Waals surface area contributed by atoms with Crippen LogP contribution in [0, 0.1) is 17.1 Å².